The highest BCUT2D eigenvalue weighted by Gasteiger charge is 2.71. The third-order valence-electron chi connectivity index (χ3n) is 5.37. The molecule has 0 spiro atoms. The lowest BCUT2D eigenvalue weighted by atomic mass is 9.92. The van der Waals surface area contributed by atoms with Gasteiger partial charge in [-0.1, -0.05) is 12.1 Å². The molecule has 8 nitrogen and oxygen atoms in total. The standard InChI is InChI=1S/C19H20F6N4O4S/c1-33-16-14(6-7-15(26)27-16)34(31,32)29-10-8-28(9-11-29)13-4-2-12(3-5-13)17(30,18(20,21)22)19(23,24)25/h2-7,30H,8-11H2,1H3,(H2,26,27). The van der Waals surface area contributed by atoms with E-state index in [0.717, 1.165) is 16.4 Å². The second-order valence-electron chi connectivity index (χ2n) is 7.39. The van der Waals surface area contributed by atoms with Gasteiger partial charge in [-0.15, -0.1) is 0 Å². The highest BCUT2D eigenvalue weighted by atomic mass is 32.2. The van der Waals surface area contributed by atoms with Gasteiger partial charge < -0.3 is 20.5 Å². The van der Waals surface area contributed by atoms with Gasteiger partial charge in [-0.2, -0.15) is 35.6 Å². The number of ether oxygens (including phenoxy) is 1. The molecule has 3 rings (SSSR count). The van der Waals surface area contributed by atoms with E-state index in [1.54, 1.807) is 4.90 Å². The minimum Gasteiger partial charge on any atom is -0.480 e. The van der Waals surface area contributed by atoms with Gasteiger partial charge in [-0.25, -0.2) is 8.42 Å². The Hall–Kier alpha value is -2.78. The zero-order valence-electron chi connectivity index (χ0n) is 17.6. The molecule has 0 bridgehead atoms. The number of aromatic nitrogens is 1. The van der Waals surface area contributed by atoms with Gasteiger partial charge in [0.1, 0.15) is 10.7 Å². The van der Waals surface area contributed by atoms with E-state index in [0.29, 0.717) is 12.1 Å². The first-order valence-electron chi connectivity index (χ1n) is 9.65. The maximum atomic E-state index is 13.0. The summed E-state index contributed by atoms with van der Waals surface area (Å²) in [7, 11) is -2.77. The SMILES string of the molecule is COc1nc(N)ccc1S(=O)(=O)N1CCN(c2ccc(C(O)(C(F)(F)F)C(F)(F)F)cc2)CC1. The van der Waals surface area contributed by atoms with Crippen molar-refractivity contribution in [2.24, 2.45) is 0 Å². The van der Waals surface area contributed by atoms with Crippen molar-refractivity contribution >= 4 is 21.5 Å². The van der Waals surface area contributed by atoms with Crippen molar-refractivity contribution < 1.29 is 44.6 Å². The van der Waals surface area contributed by atoms with Crippen molar-refractivity contribution in [1.82, 2.24) is 9.29 Å². The Morgan fingerprint density at radius 3 is 1.94 bits per heavy atom. The molecular formula is C19H20F6N4O4S. The van der Waals surface area contributed by atoms with Crippen LogP contribution in [0.1, 0.15) is 5.56 Å². The Balaban J connectivity index is 1.77. The first kappa shape index (κ1) is 25.8. The van der Waals surface area contributed by atoms with Gasteiger partial charge in [0.15, 0.2) is 0 Å². The molecule has 0 unspecified atom stereocenters. The molecule has 34 heavy (non-hydrogen) atoms. The van der Waals surface area contributed by atoms with Gasteiger partial charge in [0, 0.05) is 37.4 Å². The maximum Gasteiger partial charge on any atom is 0.430 e. The molecule has 2 heterocycles. The molecule has 1 aliphatic heterocycles. The second kappa shape index (κ2) is 8.78. The van der Waals surface area contributed by atoms with Crippen LogP contribution in [-0.2, 0) is 15.6 Å². The van der Waals surface area contributed by atoms with Crippen LogP contribution in [0.4, 0.5) is 37.8 Å². The number of nitrogens with two attached hydrogens (primary N) is 1. The molecule has 1 aromatic carbocycles. The summed E-state index contributed by atoms with van der Waals surface area (Å²) in [6, 6.07) is 5.67. The van der Waals surface area contributed by atoms with Crippen molar-refractivity contribution in [3.8, 4) is 5.88 Å². The lowest BCUT2D eigenvalue weighted by molar-refractivity contribution is -0.376. The number of piperazine rings is 1. The largest absolute Gasteiger partial charge is 0.480 e. The van der Waals surface area contributed by atoms with E-state index in [4.69, 9.17) is 10.5 Å². The Kier molecular flexibility index (Phi) is 6.67. The normalized spacial score (nSPS) is 16.5. The molecule has 15 heteroatoms. The topological polar surface area (TPSA) is 109 Å². The molecule has 0 saturated carbocycles. The van der Waals surface area contributed by atoms with Crippen molar-refractivity contribution in [3.63, 3.8) is 0 Å². The lowest BCUT2D eigenvalue weighted by Crippen LogP contribution is -2.54. The molecule has 1 aromatic heterocycles. The number of hydrogen-bond donors (Lipinski definition) is 2. The summed E-state index contributed by atoms with van der Waals surface area (Å²) in [6.45, 7) is 0.164. The predicted molar refractivity (Wildman–Crippen MR) is 109 cm³/mol. The Morgan fingerprint density at radius 1 is 0.941 bits per heavy atom. The molecule has 0 aliphatic carbocycles. The number of aliphatic hydroxyl groups is 1. The fraction of sp³-hybridized carbons (Fsp3) is 0.421. The third-order valence-corrected chi connectivity index (χ3v) is 7.28. The average molecular weight is 514 g/mol. The summed E-state index contributed by atoms with van der Waals surface area (Å²) in [5, 5.41) is 9.49. The third kappa shape index (κ3) is 4.46. The van der Waals surface area contributed by atoms with Gasteiger partial charge in [0.05, 0.1) is 7.11 Å². The molecule has 0 atom stereocenters. The van der Waals surface area contributed by atoms with Crippen LogP contribution in [0.15, 0.2) is 41.3 Å². The minimum atomic E-state index is -5.98. The van der Waals surface area contributed by atoms with E-state index in [9.17, 15) is 39.9 Å². The van der Waals surface area contributed by atoms with E-state index in [-0.39, 0.29) is 48.5 Å². The Labute approximate surface area is 190 Å². The van der Waals surface area contributed by atoms with Gasteiger partial charge in [-0.05, 0) is 24.3 Å². The van der Waals surface area contributed by atoms with Crippen LogP contribution in [0.3, 0.4) is 0 Å². The zero-order valence-corrected chi connectivity index (χ0v) is 18.4. The molecule has 0 radical (unpaired) electrons. The van der Waals surface area contributed by atoms with Crippen molar-refractivity contribution in [3.05, 3.63) is 42.0 Å². The molecule has 0 amide bonds. The summed E-state index contributed by atoms with van der Waals surface area (Å²) in [4.78, 5) is 5.23. The van der Waals surface area contributed by atoms with E-state index in [1.807, 2.05) is 0 Å². The number of anilines is 2. The number of pyridine rings is 1. The minimum absolute atomic E-state index is 0.0212. The maximum absolute atomic E-state index is 13.0. The monoisotopic (exact) mass is 514 g/mol. The van der Waals surface area contributed by atoms with Gasteiger partial charge in [-0.3, -0.25) is 0 Å². The highest BCUT2D eigenvalue weighted by Crippen LogP contribution is 2.50. The number of alkyl halides is 6. The van der Waals surface area contributed by atoms with Gasteiger partial charge in [0.2, 0.25) is 15.9 Å². The number of nitrogen functional groups attached to an aromatic ring is 1. The van der Waals surface area contributed by atoms with Crippen LogP contribution in [0.2, 0.25) is 0 Å². The number of sulfonamides is 1. The number of methoxy groups -OCH3 is 1. The van der Waals surface area contributed by atoms with Crippen LogP contribution in [0.25, 0.3) is 0 Å². The smallest absolute Gasteiger partial charge is 0.430 e. The fourth-order valence-corrected chi connectivity index (χ4v) is 5.02. The summed E-state index contributed by atoms with van der Waals surface area (Å²) in [6.07, 6.45) is -12.0. The first-order chi connectivity index (χ1) is 15.6. The van der Waals surface area contributed by atoms with Crippen molar-refractivity contribution in [2.75, 3.05) is 43.9 Å². The van der Waals surface area contributed by atoms with Crippen LogP contribution < -0.4 is 15.4 Å². The second-order valence-corrected chi connectivity index (χ2v) is 9.29. The molecule has 2 aromatic rings. The van der Waals surface area contributed by atoms with Gasteiger partial charge in [0.25, 0.3) is 5.60 Å². The van der Waals surface area contributed by atoms with E-state index in [1.165, 1.54) is 19.2 Å². The van der Waals surface area contributed by atoms with Crippen molar-refractivity contribution in [1.29, 1.82) is 0 Å². The molecular weight excluding hydrogens is 494 g/mol. The van der Waals surface area contributed by atoms with E-state index in [2.05, 4.69) is 4.98 Å². The number of benzene rings is 1. The van der Waals surface area contributed by atoms with E-state index < -0.39 is 33.5 Å². The van der Waals surface area contributed by atoms with Crippen molar-refractivity contribution in [2.45, 2.75) is 22.8 Å². The number of halogens is 6. The molecule has 188 valence electrons. The average Bonchev–Trinajstić information content (AvgIpc) is 2.77. The van der Waals surface area contributed by atoms with Crippen LogP contribution in [0.5, 0.6) is 5.88 Å². The quantitative estimate of drug-likeness (QED) is 0.591. The number of rotatable bonds is 5. The summed E-state index contributed by atoms with van der Waals surface area (Å²) in [5.41, 5.74) is -0.582. The number of nitrogens with zero attached hydrogens (tertiary/aromatic N) is 3. The Bertz CT molecular complexity index is 1120. The lowest BCUT2D eigenvalue weighted by Gasteiger charge is -2.36. The highest BCUT2D eigenvalue weighted by molar-refractivity contribution is 7.89. The molecule has 1 fully saturated rings. The van der Waals surface area contributed by atoms with E-state index >= 15 is 0 Å². The first-order valence-corrected chi connectivity index (χ1v) is 11.1. The Morgan fingerprint density at radius 2 is 1.47 bits per heavy atom. The summed E-state index contributed by atoms with van der Waals surface area (Å²) in [5.74, 6) is -0.119. The predicted octanol–water partition coefficient (Wildman–Crippen LogP) is 2.50. The van der Waals surface area contributed by atoms with Crippen LogP contribution >= 0.6 is 0 Å². The van der Waals surface area contributed by atoms with Crippen LogP contribution in [0, 0.1) is 0 Å². The van der Waals surface area contributed by atoms with Gasteiger partial charge >= 0.3 is 12.4 Å². The summed E-state index contributed by atoms with van der Waals surface area (Å²) < 4.78 is 110. The fourth-order valence-electron chi connectivity index (χ4n) is 3.51. The molecule has 1 saturated heterocycles. The molecule has 3 N–H and O–H groups in total. The number of hydrogen-bond acceptors (Lipinski definition) is 7. The molecule has 1 aliphatic rings. The zero-order chi connectivity index (χ0) is 25.5. The summed E-state index contributed by atoms with van der Waals surface area (Å²) >= 11 is 0. The van der Waals surface area contributed by atoms with Crippen LogP contribution in [-0.4, -0.2) is 68.5 Å².